The summed E-state index contributed by atoms with van der Waals surface area (Å²) in [6.45, 7) is 0. The highest BCUT2D eigenvalue weighted by Gasteiger charge is 2.15. The highest BCUT2D eigenvalue weighted by molar-refractivity contribution is 6.14. The Labute approximate surface area is 361 Å². The zero-order chi connectivity index (χ0) is 41.2. The molecule has 290 valence electrons. The molecule has 0 radical (unpaired) electrons. The number of nitrogens with zero attached hydrogens (tertiary/aromatic N) is 3. The predicted molar refractivity (Wildman–Crippen MR) is 258 cm³/mol. The van der Waals surface area contributed by atoms with Crippen LogP contribution in [-0.4, -0.2) is 15.0 Å². The van der Waals surface area contributed by atoms with Crippen LogP contribution in [0.15, 0.2) is 237 Å². The first-order chi connectivity index (χ1) is 30.7. The second-order valence-electron chi connectivity index (χ2n) is 15.6. The van der Waals surface area contributed by atoms with Crippen LogP contribution in [0.2, 0.25) is 0 Å². The van der Waals surface area contributed by atoms with Crippen LogP contribution < -0.4 is 0 Å². The van der Waals surface area contributed by atoms with Crippen molar-refractivity contribution in [2.75, 3.05) is 0 Å². The van der Waals surface area contributed by atoms with E-state index in [0.717, 1.165) is 72.5 Å². The van der Waals surface area contributed by atoms with Gasteiger partial charge in [-0.3, -0.25) is 0 Å². The third-order valence-corrected chi connectivity index (χ3v) is 11.7. The van der Waals surface area contributed by atoms with Gasteiger partial charge in [0.2, 0.25) is 0 Å². The van der Waals surface area contributed by atoms with Gasteiger partial charge in [0.15, 0.2) is 5.82 Å². The summed E-state index contributed by atoms with van der Waals surface area (Å²) in [5.74, 6) is 0.681. The van der Waals surface area contributed by atoms with Gasteiger partial charge in [-0.05, 0) is 79.5 Å². The number of rotatable bonds is 8. The molecule has 11 aromatic rings. The molecule has 62 heavy (non-hydrogen) atoms. The van der Waals surface area contributed by atoms with Gasteiger partial charge in [-0.2, -0.15) is 0 Å². The summed E-state index contributed by atoms with van der Waals surface area (Å²) >= 11 is 0. The smallest absolute Gasteiger partial charge is 0.160 e. The summed E-state index contributed by atoms with van der Waals surface area (Å²) < 4.78 is 0. The summed E-state index contributed by atoms with van der Waals surface area (Å²) in [6.07, 6.45) is 0. The molecule has 0 saturated heterocycles. The van der Waals surface area contributed by atoms with Crippen LogP contribution in [0.3, 0.4) is 0 Å². The minimum Gasteiger partial charge on any atom is -0.248 e. The Morgan fingerprint density at radius 1 is 0.242 bits per heavy atom. The van der Waals surface area contributed by atoms with Crippen LogP contribution in [-0.2, 0) is 0 Å². The summed E-state index contributed by atoms with van der Waals surface area (Å²) in [7, 11) is 0. The van der Waals surface area contributed by atoms with E-state index in [4.69, 9.17) is 15.0 Å². The Kier molecular flexibility index (Phi) is 9.53. The van der Waals surface area contributed by atoms with Crippen LogP contribution in [0.25, 0.3) is 111 Å². The van der Waals surface area contributed by atoms with Crippen LogP contribution in [0.4, 0.5) is 0 Å². The molecule has 0 spiro atoms. The van der Waals surface area contributed by atoms with Gasteiger partial charge in [-0.25, -0.2) is 15.0 Å². The molecule has 0 aliphatic heterocycles. The molecule has 0 amide bonds. The predicted octanol–water partition coefficient (Wildman–Crippen LogP) is 15.5. The highest BCUT2D eigenvalue weighted by atomic mass is 14.9. The number of pyridine rings is 1. The maximum Gasteiger partial charge on any atom is 0.160 e. The average Bonchev–Trinajstić information content (AvgIpc) is 3.37. The molecule has 9 aromatic carbocycles. The summed E-state index contributed by atoms with van der Waals surface area (Å²) in [4.78, 5) is 15.6. The minimum absolute atomic E-state index is 0.681. The first-order valence-electron chi connectivity index (χ1n) is 21.0. The monoisotopic (exact) mass is 789 g/mol. The van der Waals surface area contributed by atoms with Crippen molar-refractivity contribution in [1.82, 2.24) is 15.0 Å². The van der Waals surface area contributed by atoms with E-state index in [2.05, 4.69) is 218 Å². The standard InChI is InChI=1S/C59H39N3/c1-4-13-40(14-5-1)42-23-29-47(30-24-42)56-39-57(48-31-25-43(26-32-48)41-15-6-2-7-16-41)62-59(61-56)49-33-27-44(28-34-49)50-20-12-21-51(37-50)53-38-55(46-18-8-3-9-19-46)60-54-36-35-45-17-10-11-22-52(45)58(53)54/h1-39H. The van der Waals surface area contributed by atoms with Crippen molar-refractivity contribution in [3.63, 3.8) is 0 Å². The second-order valence-corrected chi connectivity index (χ2v) is 15.6. The van der Waals surface area contributed by atoms with Crippen molar-refractivity contribution in [2.45, 2.75) is 0 Å². The van der Waals surface area contributed by atoms with Crippen molar-refractivity contribution in [3.05, 3.63) is 237 Å². The number of fused-ring (bicyclic) bond motifs is 3. The van der Waals surface area contributed by atoms with Crippen molar-refractivity contribution in [2.24, 2.45) is 0 Å². The molecule has 0 saturated carbocycles. The SMILES string of the molecule is c1ccc(-c2ccc(-c3cc(-c4ccc(-c5ccccc5)cc4)nc(-c4ccc(-c5cccc(-c6cc(-c7ccccc7)nc7ccc8ccccc8c67)c5)cc4)n3)cc2)cc1. The zero-order valence-electron chi connectivity index (χ0n) is 33.9. The van der Waals surface area contributed by atoms with E-state index in [1.165, 1.54) is 33.0 Å². The molecule has 0 aliphatic carbocycles. The molecule has 0 unspecified atom stereocenters. The summed E-state index contributed by atoms with van der Waals surface area (Å²) in [5.41, 5.74) is 17.1. The number of hydrogen-bond acceptors (Lipinski definition) is 3. The fourth-order valence-corrected chi connectivity index (χ4v) is 8.47. The molecule has 0 atom stereocenters. The van der Waals surface area contributed by atoms with Crippen molar-refractivity contribution >= 4 is 21.7 Å². The van der Waals surface area contributed by atoms with Gasteiger partial charge >= 0.3 is 0 Å². The third-order valence-electron chi connectivity index (χ3n) is 11.7. The van der Waals surface area contributed by atoms with Gasteiger partial charge in [0.1, 0.15) is 0 Å². The molecule has 3 heteroatoms. The van der Waals surface area contributed by atoms with Gasteiger partial charge in [0.05, 0.1) is 22.6 Å². The van der Waals surface area contributed by atoms with Gasteiger partial charge in [-0.1, -0.05) is 212 Å². The molecular weight excluding hydrogens is 751 g/mol. The highest BCUT2D eigenvalue weighted by Crippen LogP contribution is 2.38. The largest absolute Gasteiger partial charge is 0.248 e. The van der Waals surface area contributed by atoms with E-state index < -0.39 is 0 Å². The Bertz CT molecular complexity index is 3240. The van der Waals surface area contributed by atoms with Gasteiger partial charge < -0.3 is 0 Å². The van der Waals surface area contributed by atoms with Crippen molar-refractivity contribution < 1.29 is 0 Å². The molecular formula is C59H39N3. The van der Waals surface area contributed by atoms with E-state index in [0.29, 0.717) is 5.82 Å². The van der Waals surface area contributed by atoms with Crippen LogP contribution in [0.1, 0.15) is 0 Å². The zero-order valence-corrected chi connectivity index (χ0v) is 33.9. The lowest BCUT2D eigenvalue weighted by molar-refractivity contribution is 1.18. The molecule has 0 aliphatic rings. The molecule has 0 fully saturated rings. The van der Waals surface area contributed by atoms with E-state index in [1.54, 1.807) is 0 Å². The summed E-state index contributed by atoms with van der Waals surface area (Å²) in [5, 5.41) is 3.56. The normalized spacial score (nSPS) is 11.2. The van der Waals surface area contributed by atoms with Gasteiger partial charge in [0, 0.05) is 27.6 Å². The van der Waals surface area contributed by atoms with E-state index >= 15 is 0 Å². The Morgan fingerprint density at radius 2 is 0.661 bits per heavy atom. The Hall–Kier alpha value is -8.27. The molecule has 3 nitrogen and oxygen atoms in total. The third kappa shape index (κ3) is 7.23. The first-order valence-corrected chi connectivity index (χ1v) is 21.0. The number of aromatic nitrogens is 3. The maximum atomic E-state index is 5.19. The Balaban J connectivity index is 0.974. The molecule has 0 bridgehead atoms. The second kappa shape index (κ2) is 16.1. The summed E-state index contributed by atoms with van der Waals surface area (Å²) in [6, 6.07) is 83.5. The topological polar surface area (TPSA) is 38.7 Å². The van der Waals surface area contributed by atoms with Crippen molar-refractivity contribution in [1.29, 1.82) is 0 Å². The lowest BCUT2D eigenvalue weighted by atomic mass is 9.92. The molecule has 2 aromatic heterocycles. The van der Waals surface area contributed by atoms with E-state index in [1.807, 2.05) is 18.2 Å². The fraction of sp³-hybridized carbons (Fsp3) is 0. The maximum absolute atomic E-state index is 5.19. The van der Waals surface area contributed by atoms with Crippen molar-refractivity contribution in [3.8, 4) is 89.7 Å². The lowest BCUT2D eigenvalue weighted by Gasteiger charge is -2.14. The van der Waals surface area contributed by atoms with Crippen LogP contribution in [0.5, 0.6) is 0 Å². The molecule has 0 N–H and O–H groups in total. The number of benzene rings is 9. The average molecular weight is 790 g/mol. The first kappa shape index (κ1) is 36.8. The number of hydrogen-bond donors (Lipinski definition) is 0. The van der Waals surface area contributed by atoms with Crippen LogP contribution >= 0.6 is 0 Å². The fourth-order valence-electron chi connectivity index (χ4n) is 8.47. The quantitative estimate of drug-likeness (QED) is 0.144. The lowest BCUT2D eigenvalue weighted by Crippen LogP contribution is -1.96. The Morgan fingerprint density at radius 3 is 1.26 bits per heavy atom. The van der Waals surface area contributed by atoms with Crippen LogP contribution in [0, 0.1) is 0 Å². The molecule has 11 rings (SSSR count). The molecule has 2 heterocycles. The van der Waals surface area contributed by atoms with E-state index in [9.17, 15) is 0 Å². The minimum atomic E-state index is 0.681. The van der Waals surface area contributed by atoms with Gasteiger partial charge in [0.25, 0.3) is 0 Å². The van der Waals surface area contributed by atoms with Gasteiger partial charge in [-0.15, -0.1) is 0 Å². The van der Waals surface area contributed by atoms with E-state index in [-0.39, 0.29) is 0 Å².